The van der Waals surface area contributed by atoms with E-state index in [1.54, 1.807) is 45.5 Å². The first kappa shape index (κ1) is 25.1. The quantitative estimate of drug-likeness (QED) is 0.409. The number of carbonyl (C=O) groups is 1. The van der Waals surface area contributed by atoms with E-state index >= 15 is 0 Å². The number of benzene rings is 2. The summed E-state index contributed by atoms with van der Waals surface area (Å²) < 4.78 is 28.4. The van der Waals surface area contributed by atoms with Crippen LogP contribution in [-0.4, -0.2) is 49.1 Å². The lowest BCUT2D eigenvalue weighted by atomic mass is 10.1. The molecule has 0 spiro atoms. The minimum atomic E-state index is -1.02. The third-order valence-corrected chi connectivity index (χ3v) is 5.16. The molecule has 34 heavy (non-hydrogen) atoms. The van der Waals surface area contributed by atoms with Gasteiger partial charge in [0, 0.05) is 30.7 Å². The average Bonchev–Trinajstić information content (AvgIpc) is 2.83. The SMILES string of the molecule is CCOC(Cc1ccc(OC)cc1OCc1cnc2ccc(OC)cc2c1OC(C)C)C(=O)O. The smallest absolute Gasteiger partial charge is 0.333 e. The molecule has 0 saturated heterocycles. The molecule has 182 valence electrons. The van der Waals surface area contributed by atoms with Crippen LogP contribution < -0.4 is 18.9 Å². The van der Waals surface area contributed by atoms with Gasteiger partial charge in [-0.15, -0.1) is 0 Å². The van der Waals surface area contributed by atoms with E-state index in [2.05, 4.69) is 4.98 Å². The van der Waals surface area contributed by atoms with Gasteiger partial charge in [0.05, 0.1) is 31.4 Å². The van der Waals surface area contributed by atoms with Gasteiger partial charge in [0.25, 0.3) is 0 Å². The second kappa shape index (κ2) is 11.6. The van der Waals surface area contributed by atoms with Gasteiger partial charge in [0.15, 0.2) is 6.10 Å². The van der Waals surface area contributed by atoms with Gasteiger partial charge < -0.3 is 28.8 Å². The van der Waals surface area contributed by atoms with Crippen LogP contribution in [0.1, 0.15) is 31.9 Å². The van der Waals surface area contributed by atoms with Crippen LogP contribution in [0.4, 0.5) is 0 Å². The van der Waals surface area contributed by atoms with Gasteiger partial charge in [-0.25, -0.2) is 4.79 Å². The van der Waals surface area contributed by atoms with Gasteiger partial charge in [-0.05, 0) is 50.6 Å². The Bertz CT molecular complexity index is 1130. The first-order chi connectivity index (χ1) is 16.4. The number of fused-ring (bicyclic) bond motifs is 1. The van der Waals surface area contributed by atoms with Crippen molar-refractivity contribution < 1.29 is 33.6 Å². The zero-order valence-corrected chi connectivity index (χ0v) is 20.2. The summed E-state index contributed by atoms with van der Waals surface area (Å²) in [5, 5.41) is 10.3. The monoisotopic (exact) mass is 469 g/mol. The molecule has 3 aromatic rings. The van der Waals surface area contributed by atoms with Gasteiger partial charge >= 0.3 is 5.97 Å². The predicted molar refractivity (Wildman–Crippen MR) is 128 cm³/mol. The molecule has 0 radical (unpaired) electrons. The highest BCUT2D eigenvalue weighted by Crippen LogP contribution is 2.34. The van der Waals surface area contributed by atoms with Crippen LogP contribution in [-0.2, 0) is 22.6 Å². The van der Waals surface area contributed by atoms with Crippen molar-refractivity contribution in [2.45, 2.75) is 46.0 Å². The Morgan fingerprint density at radius 3 is 2.38 bits per heavy atom. The maximum absolute atomic E-state index is 11.6. The molecule has 1 atom stereocenters. The van der Waals surface area contributed by atoms with Gasteiger partial charge in [0.2, 0.25) is 0 Å². The number of rotatable bonds is 12. The van der Waals surface area contributed by atoms with Gasteiger partial charge in [-0.2, -0.15) is 0 Å². The summed E-state index contributed by atoms with van der Waals surface area (Å²) in [5.41, 5.74) is 2.23. The highest BCUT2D eigenvalue weighted by atomic mass is 16.5. The molecule has 8 heteroatoms. The van der Waals surface area contributed by atoms with E-state index in [1.807, 2.05) is 32.0 Å². The third kappa shape index (κ3) is 6.08. The molecule has 0 aliphatic heterocycles. The first-order valence-corrected chi connectivity index (χ1v) is 11.1. The minimum absolute atomic E-state index is 0.0644. The summed E-state index contributed by atoms with van der Waals surface area (Å²) in [6.07, 6.45) is 0.846. The van der Waals surface area contributed by atoms with Crippen molar-refractivity contribution in [2.24, 2.45) is 0 Å². The fraction of sp³-hybridized carbons (Fsp3) is 0.385. The zero-order chi connectivity index (χ0) is 24.7. The maximum atomic E-state index is 11.6. The molecule has 0 fully saturated rings. The van der Waals surface area contributed by atoms with Gasteiger partial charge in [0.1, 0.15) is 29.6 Å². The number of hydrogen-bond acceptors (Lipinski definition) is 7. The number of carboxylic acid groups (broad SMARTS) is 1. The van der Waals surface area contributed by atoms with Crippen LogP contribution >= 0.6 is 0 Å². The molecule has 0 aliphatic rings. The summed E-state index contributed by atoms with van der Waals surface area (Å²) in [7, 11) is 3.18. The normalized spacial score (nSPS) is 11.9. The van der Waals surface area contributed by atoms with Crippen molar-refractivity contribution in [3.05, 3.63) is 53.7 Å². The molecule has 2 aromatic carbocycles. The van der Waals surface area contributed by atoms with Crippen LogP contribution in [0.3, 0.4) is 0 Å². The molecule has 3 rings (SSSR count). The largest absolute Gasteiger partial charge is 0.497 e. The molecule has 0 saturated carbocycles. The minimum Gasteiger partial charge on any atom is -0.497 e. The lowest BCUT2D eigenvalue weighted by Crippen LogP contribution is -2.26. The predicted octanol–water partition coefficient (Wildman–Crippen LogP) is 4.65. The van der Waals surface area contributed by atoms with Crippen molar-refractivity contribution in [3.8, 4) is 23.0 Å². The van der Waals surface area contributed by atoms with Crippen molar-refractivity contribution in [1.29, 1.82) is 0 Å². The molecule has 0 amide bonds. The second-order valence-corrected chi connectivity index (χ2v) is 7.91. The third-order valence-electron chi connectivity index (χ3n) is 5.16. The van der Waals surface area contributed by atoms with Crippen LogP contribution in [0, 0.1) is 0 Å². The molecule has 0 aliphatic carbocycles. The van der Waals surface area contributed by atoms with E-state index in [4.69, 9.17) is 23.7 Å². The van der Waals surface area contributed by atoms with Crippen molar-refractivity contribution in [2.75, 3.05) is 20.8 Å². The Labute approximate surface area is 199 Å². The highest BCUT2D eigenvalue weighted by molar-refractivity contribution is 5.87. The molecule has 1 unspecified atom stereocenters. The van der Waals surface area contributed by atoms with Crippen LogP contribution in [0.15, 0.2) is 42.6 Å². The summed E-state index contributed by atoms with van der Waals surface area (Å²) >= 11 is 0. The lowest BCUT2D eigenvalue weighted by Gasteiger charge is -2.19. The topological polar surface area (TPSA) is 96.3 Å². The number of ether oxygens (including phenoxy) is 5. The summed E-state index contributed by atoms with van der Waals surface area (Å²) in [5.74, 6) is 1.45. The Balaban J connectivity index is 1.96. The maximum Gasteiger partial charge on any atom is 0.333 e. The molecular formula is C26H31NO7. The van der Waals surface area contributed by atoms with Crippen LogP contribution in [0.2, 0.25) is 0 Å². The van der Waals surface area contributed by atoms with Gasteiger partial charge in [-0.3, -0.25) is 4.98 Å². The highest BCUT2D eigenvalue weighted by Gasteiger charge is 2.21. The molecule has 1 N–H and O–H groups in total. The van der Waals surface area contributed by atoms with E-state index < -0.39 is 12.1 Å². The average molecular weight is 470 g/mol. The number of carboxylic acids is 1. The Morgan fingerprint density at radius 2 is 1.74 bits per heavy atom. The molecule has 1 aromatic heterocycles. The van der Waals surface area contributed by atoms with Crippen molar-refractivity contribution in [1.82, 2.24) is 4.98 Å². The fourth-order valence-corrected chi connectivity index (χ4v) is 3.53. The van der Waals surface area contributed by atoms with Gasteiger partial charge in [-0.1, -0.05) is 6.07 Å². The number of aliphatic carboxylic acids is 1. The standard InChI is InChI=1S/C26H31NO7/c1-6-32-24(26(28)29)11-17-7-8-20(31-5)13-23(17)33-15-18-14-27-22-10-9-19(30-4)12-21(22)25(18)34-16(2)3/h7-10,12-14,16,24H,6,11,15H2,1-5H3,(H,28,29). The molecular weight excluding hydrogens is 438 g/mol. The van der Waals surface area contributed by atoms with Crippen LogP contribution in [0.25, 0.3) is 10.9 Å². The van der Waals surface area contributed by atoms with E-state index in [-0.39, 0.29) is 19.1 Å². The Kier molecular flexibility index (Phi) is 8.54. The Morgan fingerprint density at radius 1 is 1.03 bits per heavy atom. The summed E-state index contributed by atoms with van der Waals surface area (Å²) in [4.78, 5) is 16.2. The second-order valence-electron chi connectivity index (χ2n) is 7.91. The van der Waals surface area contributed by atoms with E-state index in [1.165, 1.54) is 0 Å². The number of hydrogen-bond donors (Lipinski definition) is 1. The van der Waals surface area contributed by atoms with E-state index in [0.29, 0.717) is 35.2 Å². The van der Waals surface area contributed by atoms with Crippen LogP contribution in [0.5, 0.6) is 23.0 Å². The fourth-order valence-electron chi connectivity index (χ4n) is 3.53. The number of pyridine rings is 1. The van der Waals surface area contributed by atoms with E-state index in [0.717, 1.165) is 16.5 Å². The summed E-state index contributed by atoms with van der Waals surface area (Å²) in [6.45, 7) is 6.13. The zero-order valence-electron chi connectivity index (χ0n) is 20.2. The molecule has 0 bridgehead atoms. The number of aromatic nitrogens is 1. The number of nitrogens with zero attached hydrogens (tertiary/aromatic N) is 1. The Hall–Kier alpha value is -3.52. The molecule has 1 heterocycles. The first-order valence-electron chi connectivity index (χ1n) is 11.1. The summed E-state index contributed by atoms with van der Waals surface area (Å²) in [6, 6.07) is 10.9. The number of methoxy groups -OCH3 is 2. The molecule has 8 nitrogen and oxygen atoms in total. The van der Waals surface area contributed by atoms with Crippen molar-refractivity contribution in [3.63, 3.8) is 0 Å². The lowest BCUT2D eigenvalue weighted by molar-refractivity contribution is -0.149. The van der Waals surface area contributed by atoms with E-state index in [9.17, 15) is 9.90 Å². The van der Waals surface area contributed by atoms with Crippen molar-refractivity contribution >= 4 is 16.9 Å².